The Bertz CT molecular complexity index is 936. The summed E-state index contributed by atoms with van der Waals surface area (Å²) in [6, 6.07) is 3.91. The van der Waals surface area contributed by atoms with Gasteiger partial charge in [-0.3, -0.25) is 0 Å². The summed E-state index contributed by atoms with van der Waals surface area (Å²) in [7, 11) is 0. The van der Waals surface area contributed by atoms with E-state index in [9.17, 15) is 0 Å². The summed E-state index contributed by atoms with van der Waals surface area (Å²) in [5.74, 6) is 0. The molecular weight excluding hydrogens is 477 g/mol. The molecule has 2 N–H and O–H groups in total. The molecule has 1 aromatic heterocycles. The van der Waals surface area contributed by atoms with Crippen LogP contribution in [0.1, 0.15) is 11.4 Å². The van der Waals surface area contributed by atoms with Crippen molar-refractivity contribution in [1.29, 1.82) is 0 Å². The molecule has 1 aromatic rings. The molecule has 0 amide bonds. The third kappa shape index (κ3) is 5.03. The van der Waals surface area contributed by atoms with Crippen LogP contribution >= 0.6 is 22.6 Å². The molecule has 0 aromatic carbocycles. The minimum absolute atomic E-state index is 0.402. The van der Waals surface area contributed by atoms with Crippen molar-refractivity contribution in [2.45, 2.75) is 0 Å². The number of H-pyrrole nitrogens is 1. The van der Waals surface area contributed by atoms with E-state index < -0.39 is 0 Å². The van der Waals surface area contributed by atoms with Gasteiger partial charge in [-0.25, -0.2) is 10.2 Å². The maximum absolute atomic E-state index is 7.75. The zero-order valence-electron chi connectivity index (χ0n) is 13.3. The molecule has 3 rings (SSSR count). The van der Waals surface area contributed by atoms with Gasteiger partial charge in [-0.1, -0.05) is 0 Å². The van der Waals surface area contributed by atoms with Crippen LogP contribution in [0.3, 0.4) is 0 Å². The summed E-state index contributed by atoms with van der Waals surface area (Å²) < 4.78 is 4.91. The van der Waals surface area contributed by atoms with E-state index in [2.05, 4.69) is 23.7 Å². The number of rotatable bonds is 5. The monoisotopic (exact) mass is 488 g/mol. The van der Waals surface area contributed by atoms with Crippen molar-refractivity contribution >= 4 is 50.8 Å². The van der Waals surface area contributed by atoms with Crippen molar-refractivity contribution in [3.8, 4) is 0 Å². The Kier molecular flexibility index (Phi) is 6.05. The van der Waals surface area contributed by atoms with Gasteiger partial charge in [-0.2, -0.15) is 22.6 Å². The zero-order valence-corrected chi connectivity index (χ0v) is 18.5. The van der Waals surface area contributed by atoms with Gasteiger partial charge in [-0.15, -0.1) is 6.08 Å². The number of nitrogens with one attached hydrogen (secondary N) is 2. The second kappa shape index (κ2) is 8.45. The van der Waals surface area contributed by atoms with E-state index in [4.69, 9.17) is 5.73 Å². The van der Waals surface area contributed by atoms with Gasteiger partial charge in [0.05, 0.1) is 0 Å². The number of aromatic nitrogens is 1. The second-order valence-electron chi connectivity index (χ2n) is 5.30. The predicted octanol–water partition coefficient (Wildman–Crippen LogP) is 4.76. The van der Waals surface area contributed by atoms with Crippen LogP contribution in [0, 0.1) is 4.08 Å². The molecule has 6 heteroatoms. The molecule has 0 bridgehead atoms. The van der Waals surface area contributed by atoms with Crippen LogP contribution in [0.15, 0.2) is 75.7 Å². The summed E-state index contributed by atoms with van der Waals surface area (Å²) in [5.41, 5.74) is 13.7. The molecule has 0 aliphatic carbocycles. The average Bonchev–Trinajstić information content (AvgIpc) is 3.31. The number of nitrogens with zero attached hydrogens (tertiary/aromatic N) is 2. The van der Waals surface area contributed by atoms with Crippen LogP contribution in [-0.4, -0.2) is 21.0 Å². The molecule has 0 saturated carbocycles. The number of hydrogen-bond donors (Lipinski definition) is 1. The molecule has 0 atom stereocenters. The fraction of sp³-hybridized carbons (Fsp3) is 0. The van der Waals surface area contributed by atoms with E-state index in [1.165, 1.54) is 0 Å². The molecule has 25 heavy (non-hydrogen) atoms. The fourth-order valence-electron chi connectivity index (χ4n) is 2.32. The molecule has 2 aliphatic rings. The first-order valence-corrected chi connectivity index (χ1v) is 10.4. The second-order valence-corrected chi connectivity index (χ2v) is 6.78. The summed E-state index contributed by atoms with van der Waals surface area (Å²) >= 11 is 3.08. The first-order valence-electron chi connectivity index (χ1n) is 7.57. The van der Waals surface area contributed by atoms with Crippen molar-refractivity contribution in [3.63, 3.8) is 0 Å². The van der Waals surface area contributed by atoms with Gasteiger partial charge < -0.3 is 11.4 Å². The molecule has 120 valence electrons. The Morgan fingerprint density at radius 3 is 2.44 bits per heavy atom. The van der Waals surface area contributed by atoms with E-state index in [0.29, 0.717) is 5.70 Å². The van der Waals surface area contributed by atoms with Gasteiger partial charge in [0.2, 0.25) is 0 Å². The van der Waals surface area contributed by atoms with Crippen LogP contribution in [0.2, 0.25) is 0 Å². The number of allylic oxidation sites excluding steroid dienone is 6. The molecule has 2 aliphatic heterocycles. The molecule has 0 fully saturated rings. The third-order valence-corrected chi connectivity index (χ3v) is 4.62. The molecule has 0 radical (unpaired) electrons. The van der Waals surface area contributed by atoms with E-state index in [-0.39, 0.29) is 0 Å². The number of hydrogen-bond acceptors (Lipinski definition) is 2. The van der Waals surface area contributed by atoms with Crippen molar-refractivity contribution in [1.82, 2.24) is 4.98 Å². The zero-order chi connectivity index (χ0) is 17.6. The first kappa shape index (κ1) is 17.9. The number of halogens is 1. The molecule has 4 nitrogen and oxygen atoms in total. The van der Waals surface area contributed by atoms with E-state index in [1.807, 2.05) is 71.2 Å². The number of aliphatic imine (C=N–C) groups is 2. The SMILES string of the molecule is [NH-]C(C=[C-]I)=Cc1ccc(C=C2C=CC(C=C3C=CC([CH]=[Zn])=N3)=N2)[nH]1. The van der Waals surface area contributed by atoms with Crippen LogP contribution in [0.4, 0.5) is 0 Å². The molecule has 0 spiro atoms. The Hall–Kier alpha value is -1.92. The van der Waals surface area contributed by atoms with Gasteiger partial charge in [-0.05, 0) is 0 Å². The molecule has 0 saturated heterocycles. The summed E-state index contributed by atoms with van der Waals surface area (Å²) in [5, 5.41) is 0. The standard InChI is InChI=1S/C19H13IN4.Zn/c1-13-2-3-16(22-13)11-17-6-7-19(24-17)12-18-5-4-15(23-18)10-14(21)8-9-20;/h1-8,10-12,21,23H;/q-2;. The Morgan fingerprint density at radius 1 is 1.04 bits per heavy atom. The summed E-state index contributed by atoms with van der Waals surface area (Å²) in [6.45, 7) is 0. The van der Waals surface area contributed by atoms with E-state index in [0.717, 1.165) is 52.1 Å². The van der Waals surface area contributed by atoms with Crippen molar-refractivity contribution in [2.24, 2.45) is 9.98 Å². The Labute approximate surface area is 169 Å². The summed E-state index contributed by atoms with van der Waals surface area (Å²) in [4.78, 5) is 12.3. The third-order valence-electron chi connectivity index (χ3n) is 3.43. The van der Waals surface area contributed by atoms with E-state index in [1.54, 1.807) is 12.2 Å². The van der Waals surface area contributed by atoms with Gasteiger partial charge in [0, 0.05) is 0 Å². The normalized spacial score (nSPS) is 20.2. The quantitative estimate of drug-likeness (QED) is 0.268. The first-order chi connectivity index (χ1) is 12.2. The maximum atomic E-state index is 7.75. The predicted molar refractivity (Wildman–Crippen MR) is 110 cm³/mol. The Balaban J connectivity index is 1.74. The van der Waals surface area contributed by atoms with Crippen LogP contribution in [0.25, 0.3) is 17.9 Å². The van der Waals surface area contributed by atoms with Crippen LogP contribution in [0.5, 0.6) is 0 Å². The van der Waals surface area contributed by atoms with Crippen molar-refractivity contribution in [2.75, 3.05) is 0 Å². The average molecular weight is 490 g/mol. The van der Waals surface area contributed by atoms with Gasteiger partial charge in [0.15, 0.2) is 0 Å². The minimum atomic E-state index is 0.402. The molecule has 0 unspecified atom stereocenters. The van der Waals surface area contributed by atoms with E-state index >= 15 is 0 Å². The number of aromatic amines is 1. The van der Waals surface area contributed by atoms with Gasteiger partial charge in [0.1, 0.15) is 0 Å². The Morgan fingerprint density at radius 2 is 1.72 bits per heavy atom. The molecular formula is C19H13IN4Zn-2. The van der Waals surface area contributed by atoms with Gasteiger partial charge >= 0.3 is 120 Å². The summed E-state index contributed by atoms with van der Waals surface area (Å²) in [6.07, 6.45) is 15.3. The topological polar surface area (TPSA) is 64.3 Å². The fourth-order valence-corrected chi connectivity index (χ4v) is 3.13. The van der Waals surface area contributed by atoms with Crippen molar-refractivity contribution in [3.05, 3.63) is 86.9 Å². The van der Waals surface area contributed by atoms with Crippen LogP contribution < -0.4 is 0 Å². The van der Waals surface area contributed by atoms with Gasteiger partial charge in [0.25, 0.3) is 0 Å². The van der Waals surface area contributed by atoms with Crippen LogP contribution in [-0.2, 0) is 17.9 Å². The molecule has 3 heterocycles. The van der Waals surface area contributed by atoms with Crippen molar-refractivity contribution < 1.29 is 17.9 Å².